The van der Waals surface area contributed by atoms with Gasteiger partial charge in [0.05, 0.1) is 18.3 Å². The Morgan fingerprint density at radius 2 is 2.11 bits per heavy atom. The van der Waals surface area contributed by atoms with Gasteiger partial charge in [0.25, 0.3) is 0 Å². The second kappa shape index (κ2) is 5.03. The maximum Gasteiger partial charge on any atom is 0.335 e. The zero-order valence-corrected chi connectivity index (χ0v) is 10.9. The standard InChI is InChI=1S/C14H17NO4/c1-8-13(9(2)17)11-7-10(14(18)19)3-4-12(11)15(8)5-6-16/h3-4,7,9,16-17H,5-6H2,1-2H3,(H,18,19). The minimum atomic E-state index is -0.994. The third-order valence-electron chi connectivity index (χ3n) is 3.36. The fraction of sp³-hybridized carbons (Fsp3) is 0.357. The molecule has 1 atom stereocenters. The van der Waals surface area contributed by atoms with E-state index >= 15 is 0 Å². The number of carboxylic acid groups (broad SMARTS) is 1. The predicted molar refractivity (Wildman–Crippen MR) is 71.4 cm³/mol. The summed E-state index contributed by atoms with van der Waals surface area (Å²) in [6.45, 7) is 3.92. The first-order valence-corrected chi connectivity index (χ1v) is 6.12. The van der Waals surface area contributed by atoms with Gasteiger partial charge in [0, 0.05) is 28.7 Å². The molecule has 1 aromatic carbocycles. The fourth-order valence-corrected chi connectivity index (χ4v) is 2.56. The molecule has 1 aromatic heterocycles. The maximum absolute atomic E-state index is 11.0. The van der Waals surface area contributed by atoms with E-state index in [1.807, 2.05) is 11.5 Å². The molecule has 5 heteroatoms. The Kier molecular flexibility index (Phi) is 3.59. The van der Waals surface area contributed by atoms with Gasteiger partial charge in [-0.3, -0.25) is 0 Å². The first-order chi connectivity index (χ1) is 8.97. The van der Waals surface area contributed by atoms with Crippen molar-refractivity contribution in [3.05, 3.63) is 35.0 Å². The van der Waals surface area contributed by atoms with E-state index in [0.717, 1.165) is 16.6 Å². The van der Waals surface area contributed by atoms with Gasteiger partial charge in [-0.05, 0) is 32.0 Å². The molecular weight excluding hydrogens is 246 g/mol. The van der Waals surface area contributed by atoms with Crippen LogP contribution in [0.5, 0.6) is 0 Å². The molecule has 0 aliphatic heterocycles. The second-order valence-corrected chi connectivity index (χ2v) is 4.59. The molecule has 0 saturated carbocycles. The zero-order chi connectivity index (χ0) is 14.2. The Labute approximate surface area is 110 Å². The van der Waals surface area contributed by atoms with E-state index in [4.69, 9.17) is 10.2 Å². The number of aliphatic hydroxyl groups excluding tert-OH is 2. The first kappa shape index (κ1) is 13.6. The highest BCUT2D eigenvalue weighted by Crippen LogP contribution is 2.31. The summed E-state index contributed by atoms with van der Waals surface area (Å²) in [5, 5.41) is 28.8. The van der Waals surface area contributed by atoms with Gasteiger partial charge in [0.1, 0.15) is 0 Å². The fourth-order valence-electron chi connectivity index (χ4n) is 2.56. The number of aromatic nitrogens is 1. The molecule has 1 unspecified atom stereocenters. The minimum absolute atomic E-state index is 0.00937. The molecule has 0 radical (unpaired) electrons. The molecule has 2 rings (SSSR count). The number of carbonyl (C=O) groups is 1. The van der Waals surface area contributed by atoms with Crippen LogP contribution in [-0.4, -0.2) is 32.5 Å². The van der Waals surface area contributed by atoms with Crippen molar-refractivity contribution in [3.63, 3.8) is 0 Å². The van der Waals surface area contributed by atoms with Crippen LogP contribution in [0.25, 0.3) is 10.9 Å². The summed E-state index contributed by atoms with van der Waals surface area (Å²) in [4.78, 5) is 11.0. The van der Waals surface area contributed by atoms with E-state index < -0.39 is 12.1 Å². The molecule has 102 valence electrons. The molecule has 0 saturated heterocycles. The van der Waals surface area contributed by atoms with Crippen LogP contribution in [0.1, 0.15) is 34.6 Å². The largest absolute Gasteiger partial charge is 0.478 e. The van der Waals surface area contributed by atoms with E-state index in [9.17, 15) is 9.90 Å². The van der Waals surface area contributed by atoms with Crippen molar-refractivity contribution in [1.29, 1.82) is 0 Å². The van der Waals surface area contributed by atoms with Crippen LogP contribution in [0.15, 0.2) is 18.2 Å². The molecule has 1 heterocycles. The summed E-state index contributed by atoms with van der Waals surface area (Å²) >= 11 is 0. The second-order valence-electron chi connectivity index (χ2n) is 4.59. The van der Waals surface area contributed by atoms with Gasteiger partial charge in [-0.25, -0.2) is 4.79 Å². The summed E-state index contributed by atoms with van der Waals surface area (Å²) in [6.07, 6.45) is -0.688. The van der Waals surface area contributed by atoms with E-state index in [2.05, 4.69) is 0 Å². The van der Waals surface area contributed by atoms with Crippen LogP contribution in [0.3, 0.4) is 0 Å². The smallest absolute Gasteiger partial charge is 0.335 e. The molecule has 0 aliphatic carbocycles. The number of aliphatic hydroxyl groups is 2. The average Bonchev–Trinajstić information content (AvgIpc) is 2.62. The number of hydrogen-bond acceptors (Lipinski definition) is 3. The predicted octanol–water partition coefficient (Wildman–Crippen LogP) is 1.69. The summed E-state index contributed by atoms with van der Waals surface area (Å²) < 4.78 is 1.89. The highest BCUT2D eigenvalue weighted by Gasteiger charge is 2.18. The van der Waals surface area contributed by atoms with Gasteiger partial charge in [0.2, 0.25) is 0 Å². The van der Waals surface area contributed by atoms with Gasteiger partial charge >= 0.3 is 5.97 Å². The minimum Gasteiger partial charge on any atom is -0.478 e. The molecule has 0 spiro atoms. The van der Waals surface area contributed by atoms with Crippen LogP contribution in [0.2, 0.25) is 0 Å². The number of benzene rings is 1. The van der Waals surface area contributed by atoms with Gasteiger partial charge in [0.15, 0.2) is 0 Å². The topological polar surface area (TPSA) is 82.7 Å². The highest BCUT2D eigenvalue weighted by atomic mass is 16.4. The molecule has 0 aliphatic rings. The number of aromatic carboxylic acids is 1. The Bertz CT molecular complexity index is 628. The first-order valence-electron chi connectivity index (χ1n) is 6.12. The number of nitrogens with zero attached hydrogens (tertiary/aromatic N) is 1. The lowest BCUT2D eigenvalue weighted by molar-refractivity contribution is 0.0697. The van der Waals surface area contributed by atoms with Crippen molar-refractivity contribution in [1.82, 2.24) is 4.57 Å². The molecular formula is C14H17NO4. The van der Waals surface area contributed by atoms with Gasteiger partial charge in [-0.2, -0.15) is 0 Å². The summed E-state index contributed by atoms with van der Waals surface area (Å²) in [6, 6.07) is 4.82. The Morgan fingerprint density at radius 1 is 1.42 bits per heavy atom. The van der Waals surface area contributed by atoms with Crippen molar-refractivity contribution in [2.75, 3.05) is 6.61 Å². The van der Waals surface area contributed by atoms with Crippen LogP contribution in [0, 0.1) is 6.92 Å². The maximum atomic E-state index is 11.0. The third-order valence-corrected chi connectivity index (χ3v) is 3.36. The van der Waals surface area contributed by atoms with Gasteiger partial charge < -0.3 is 19.9 Å². The lowest BCUT2D eigenvalue weighted by atomic mass is 10.0. The van der Waals surface area contributed by atoms with Gasteiger partial charge in [-0.15, -0.1) is 0 Å². The summed E-state index contributed by atoms with van der Waals surface area (Å²) in [5.74, 6) is -0.994. The number of fused-ring (bicyclic) bond motifs is 1. The van der Waals surface area contributed by atoms with Crippen molar-refractivity contribution >= 4 is 16.9 Å². The summed E-state index contributed by atoms with van der Waals surface area (Å²) in [7, 11) is 0. The van der Waals surface area contributed by atoms with Crippen molar-refractivity contribution in [2.45, 2.75) is 26.5 Å². The van der Waals surface area contributed by atoms with Crippen molar-refractivity contribution < 1.29 is 20.1 Å². The van der Waals surface area contributed by atoms with Crippen LogP contribution in [-0.2, 0) is 6.54 Å². The zero-order valence-electron chi connectivity index (χ0n) is 10.9. The van der Waals surface area contributed by atoms with Crippen molar-refractivity contribution in [2.24, 2.45) is 0 Å². The van der Waals surface area contributed by atoms with E-state index in [0.29, 0.717) is 12.1 Å². The van der Waals surface area contributed by atoms with Crippen molar-refractivity contribution in [3.8, 4) is 0 Å². The van der Waals surface area contributed by atoms with E-state index in [-0.39, 0.29) is 12.2 Å². The monoisotopic (exact) mass is 263 g/mol. The third kappa shape index (κ3) is 2.22. The molecule has 19 heavy (non-hydrogen) atoms. The Hall–Kier alpha value is -1.85. The molecule has 2 aromatic rings. The Balaban J connectivity index is 2.78. The summed E-state index contributed by atoms with van der Waals surface area (Å²) in [5.41, 5.74) is 2.58. The average molecular weight is 263 g/mol. The SMILES string of the molecule is Cc1c(C(C)O)c2cc(C(=O)O)ccc2n1CCO. The Morgan fingerprint density at radius 3 is 2.63 bits per heavy atom. The van der Waals surface area contributed by atoms with Gasteiger partial charge in [-0.1, -0.05) is 0 Å². The van der Waals surface area contributed by atoms with E-state index in [1.165, 1.54) is 6.07 Å². The molecule has 0 bridgehead atoms. The number of rotatable bonds is 4. The number of carboxylic acids is 1. The van der Waals surface area contributed by atoms with Crippen LogP contribution < -0.4 is 0 Å². The van der Waals surface area contributed by atoms with E-state index in [1.54, 1.807) is 19.1 Å². The van der Waals surface area contributed by atoms with Crippen LogP contribution >= 0.6 is 0 Å². The normalized spacial score (nSPS) is 12.8. The molecule has 5 nitrogen and oxygen atoms in total. The molecule has 3 N–H and O–H groups in total. The lowest BCUT2D eigenvalue weighted by Crippen LogP contribution is -2.05. The quantitative estimate of drug-likeness (QED) is 0.784. The number of hydrogen-bond donors (Lipinski definition) is 3. The molecule has 0 fully saturated rings. The molecule has 0 amide bonds. The highest BCUT2D eigenvalue weighted by molar-refractivity contribution is 5.95. The lowest BCUT2D eigenvalue weighted by Gasteiger charge is -2.07. The van der Waals surface area contributed by atoms with Crippen LogP contribution in [0.4, 0.5) is 0 Å².